The van der Waals surface area contributed by atoms with Crippen molar-refractivity contribution >= 4 is 0 Å². The standard InChI is InChI=1S/C14H21N3O2/c1-12(10-18)14(16-17-15)8-5-9-19-11-13-6-3-2-4-7-13/h2-4,6-7,12,14,18H,5,8-11H2,1H3/t12-,14+/m1/s1. The van der Waals surface area contributed by atoms with Crippen LogP contribution in [0.15, 0.2) is 35.4 Å². The Morgan fingerprint density at radius 1 is 1.37 bits per heavy atom. The molecule has 0 saturated heterocycles. The first-order valence-corrected chi connectivity index (χ1v) is 6.54. The molecule has 0 saturated carbocycles. The summed E-state index contributed by atoms with van der Waals surface area (Å²) in [5.74, 6) is -0.00924. The lowest BCUT2D eigenvalue weighted by Gasteiger charge is -2.16. The number of hydrogen-bond donors (Lipinski definition) is 1. The van der Waals surface area contributed by atoms with E-state index in [4.69, 9.17) is 15.4 Å². The Kier molecular flexibility index (Phi) is 7.66. The molecule has 0 aliphatic rings. The van der Waals surface area contributed by atoms with Gasteiger partial charge in [0.2, 0.25) is 0 Å². The Hall–Kier alpha value is -1.55. The number of benzene rings is 1. The van der Waals surface area contributed by atoms with Gasteiger partial charge in [0.15, 0.2) is 0 Å². The molecule has 0 aliphatic heterocycles. The second-order valence-corrected chi connectivity index (χ2v) is 4.61. The van der Waals surface area contributed by atoms with Crippen LogP contribution in [0.3, 0.4) is 0 Å². The van der Waals surface area contributed by atoms with E-state index in [1.165, 1.54) is 0 Å². The van der Waals surface area contributed by atoms with Crippen LogP contribution in [0, 0.1) is 5.92 Å². The number of hydrogen-bond acceptors (Lipinski definition) is 3. The number of azide groups is 1. The van der Waals surface area contributed by atoms with Gasteiger partial charge in [0.05, 0.1) is 6.61 Å². The van der Waals surface area contributed by atoms with Crippen molar-refractivity contribution in [2.75, 3.05) is 13.2 Å². The first-order valence-electron chi connectivity index (χ1n) is 6.54. The van der Waals surface area contributed by atoms with E-state index in [2.05, 4.69) is 10.0 Å². The first-order chi connectivity index (χ1) is 9.27. The predicted octanol–water partition coefficient (Wildman–Crippen LogP) is 3.29. The molecule has 1 aromatic rings. The van der Waals surface area contributed by atoms with Gasteiger partial charge in [0.25, 0.3) is 0 Å². The van der Waals surface area contributed by atoms with Gasteiger partial charge in [0.1, 0.15) is 0 Å². The maximum absolute atomic E-state index is 9.07. The monoisotopic (exact) mass is 263 g/mol. The summed E-state index contributed by atoms with van der Waals surface area (Å²) in [6.07, 6.45) is 1.56. The van der Waals surface area contributed by atoms with Crippen LogP contribution >= 0.6 is 0 Å². The van der Waals surface area contributed by atoms with E-state index in [0.29, 0.717) is 13.2 Å². The summed E-state index contributed by atoms with van der Waals surface area (Å²) in [6.45, 7) is 3.14. The molecular formula is C14H21N3O2. The SMILES string of the molecule is C[C@H](CO)[C@H](CCCOCc1ccccc1)N=[N+]=[N-]. The van der Waals surface area contributed by atoms with E-state index >= 15 is 0 Å². The summed E-state index contributed by atoms with van der Waals surface area (Å²) in [7, 11) is 0. The number of rotatable bonds is 9. The first kappa shape index (κ1) is 15.5. The summed E-state index contributed by atoms with van der Waals surface area (Å²) in [4.78, 5) is 2.82. The highest BCUT2D eigenvalue weighted by Gasteiger charge is 2.14. The van der Waals surface area contributed by atoms with E-state index in [0.717, 1.165) is 18.4 Å². The molecule has 0 aromatic heterocycles. The van der Waals surface area contributed by atoms with Crippen molar-refractivity contribution < 1.29 is 9.84 Å². The van der Waals surface area contributed by atoms with Gasteiger partial charge >= 0.3 is 0 Å². The molecule has 1 N–H and O–H groups in total. The molecule has 2 atom stereocenters. The summed E-state index contributed by atoms with van der Waals surface area (Å²) in [5, 5.41) is 12.8. The van der Waals surface area contributed by atoms with E-state index in [1.54, 1.807) is 0 Å². The molecule has 0 unspecified atom stereocenters. The fourth-order valence-electron chi connectivity index (χ4n) is 1.80. The minimum atomic E-state index is -0.157. The molecule has 0 bridgehead atoms. The predicted molar refractivity (Wildman–Crippen MR) is 74.5 cm³/mol. The molecular weight excluding hydrogens is 242 g/mol. The lowest BCUT2D eigenvalue weighted by molar-refractivity contribution is 0.112. The van der Waals surface area contributed by atoms with Gasteiger partial charge in [-0.05, 0) is 29.9 Å². The van der Waals surface area contributed by atoms with Crippen molar-refractivity contribution in [1.82, 2.24) is 0 Å². The lowest BCUT2D eigenvalue weighted by Crippen LogP contribution is -2.19. The zero-order valence-electron chi connectivity index (χ0n) is 11.3. The molecule has 0 spiro atoms. The highest BCUT2D eigenvalue weighted by atomic mass is 16.5. The summed E-state index contributed by atoms with van der Waals surface area (Å²) in [6, 6.07) is 9.84. The van der Waals surface area contributed by atoms with Gasteiger partial charge in [0, 0.05) is 24.2 Å². The van der Waals surface area contributed by atoms with Crippen LogP contribution in [-0.2, 0) is 11.3 Å². The van der Waals surface area contributed by atoms with Crippen molar-refractivity contribution in [3.05, 3.63) is 46.3 Å². The van der Waals surface area contributed by atoms with Crippen molar-refractivity contribution in [3.8, 4) is 0 Å². The largest absolute Gasteiger partial charge is 0.396 e. The third-order valence-corrected chi connectivity index (χ3v) is 3.04. The van der Waals surface area contributed by atoms with Crippen LogP contribution in [-0.4, -0.2) is 24.4 Å². The average Bonchev–Trinajstić information content (AvgIpc) is 2.46. The van der Waals surface area contributed by atoms with E-state index in [9.17, 15) is 0 Å². The van der Waals surface area contributed by atoms with Crippen molar-refractivity contribution in [3.63, 3.8) is 0 Å². The zero-order chi connectivity index (χ0) is 13.9. The molecule has 0 aliphatic carbocycles. The molecule has 0 fully saturated rings. The number of aliphatic hydroxyl groups excluding tert-OH is 1. The Balaban J connectivity index is 2.20. The highest BCUT2D eigenvalue weighted by Crippen LogP contribution is 2.13. The van der Waals surface area contributed by atoms with Crippen LogP contribution in [0.1, 0.15) is 25.3 Å². The molecule has 5 nitrogen and oxygen atoms in total. The minimum absolute atomic E-state index is 0.00924. The fraction of sp³-hybridized carbons (Fsp3) is 0.571. The van der Waals surface area contributed by atoms with E-state index < -0.39 is 0 Å². The fourth-order valence-corrected chi connectivity index (χ4v) is 1.80. The molecule has 5 heteroatoms. The number of nitrogens with zero attached hydrogens (tertiary/aromatic N) is 3. The lowest BCUT2D eigenvalue weighted by atomic mass is 9.99. The van der Waals surface area contributed by atoms with Crippen molar-refractivity contribution in [1.29, 1.82) is 0 Å². The van der Waals surface area contributed by atoms with Crippen LogP contribution in [0.2, 0.25) is 0 Å². The molecule has 19 heavy (non-hydrogen) atoms. The van der Waals surface area contributed by atoms with Crippen LogP contribution in [0.5, 0.6) is 0 Å². The van der Waals surface area contributed by atoms with Gasteiger partial charge in [-0.15, -0.1) is 0 Å². The van der Waals surface area contributed by atoms with Crippen LogP contribution < -0.4 is 0 Å². The van der Waals surface area contributed by atoms with E-state index in [-0.39, 0.29) is 18.6 Å². The Bertz CT molecular complexity index is 391. The maximum atomic E-state index is 9.07. The van der Waals surface area contributed by atoms with Gasteiger partial charge in [-0.1, -0.05) is 42.4 Å². The Morgan fingerprint density at radius 3 is 2.74 bits per heavy atom. The molecule has 1 aromatic carbocycles. The third-order valence-electron chi connectivity index (χ3n) is 3.04. The molecule has 104 valence electrons. The summed E-state index contributed by atoms with van der Waals surface area (Å²) in [5.41, 5.74) is 9.63. The second kappa shape index (κ2) is 9.39. The van der Waals surface area contributed by atoms with Gasteiger partial charge in [-0.25, -0.2) is 0 Å². The quantitative estimate of drug-likeness (QED) is 0.321. The van der Waals surface area contributed by atoms with Gasteiger partial charge in [-0.3, -0.25) is 0 Å². The Morgan fingerprint density at radius 2 is 2.11 bits per heavy atom. The Labute approximate surface area is 113 Å². The van der Waals surface area contributed by atoms with Crippen molar-refractivity contribution in [2.24, 2.45) is 11.0 Å². The molecule has 1 rings (SSSR count). The number of aliphatic hydroxyl groups is 1. The van der Waals surface area contributed by atoms with Crippen LogP contribution in [0.25, 0.3) is 10.4 Å². The summed E-state index contributed by atoms with van der Waals surface area (Å²) >= 11 is 0. The third kappa shape index (κ3) is 6.25. The average molecular weight is 263 g/mol. The number of ether oxygens (including phenoxy) is 1. The summed E-state index contributed by atoms with van der Waals surface area (Å²) < 4.78 is 5.56. The van der Waals surface area contributed by atoms with Crippen LogP contribution in [0.4, 0.5) is 0 Å². The van der Waals surface area contributed by atoms with Crippen molar-refractivity contribution in [2.45, 2.75) is 32.4 Å². The zero-order valence-corrected chi connectivity index (χ0v) is 11.3. The van der Waals surface area contributed by atoms with Gasteiger partial charge in [-0.2, -0.15) is 0 Å². The molecule has 0 heterocycles. The van der Waals surface area contributed by atoms with E-state index in [1.807, 2.05) is 37.3 Å². The maximum Gasteiger partial charge on any atom is 0.0716 e. The second-order valence-electron chi connectivity index (χ2n) is 4.61. The topological polar surface area (TPSA) is 78.2 Å². The normalized spacial score (nSPS) is 13.6. The minimum Gasteiger partial charge on any atom is -0.396 e. The van der Waals surface area contributed by atoms with Gasteiger partial charge < -0.3 is 9.84 Å². The molecule has 0 amide bonds. The molecule has 0 radical (unpaired) electrons. The smallest absolute Gasteiger partial charge is 0.0716 e. The highest BCUT2D eigenvalue weighted by molar-refractivity contribution is 5.13.